The molecular weight excluding hydrogens is 362 g/mol. The van der Waals surface area contributed by atoms with E-state index in [9.17, 15) is 13.2 Å². The second kappa shape index (κ2) is 8.21. The summed E-state index contributed by atoms with van der Waals surface area (Å²) in [7, 11) is -3.47. The molecule has 1 aliphatic heterocycles. The number of anilines is 1. The van der Waals surface area contributed by atoms with E-state index in [1.165, 1.54) is 9.87 Å². The summed E-state index contributed by atoms with van der Waals surface area (Å²) in [6, 6.07) is 14.3. The number of nitrogens with zero attached hydrogens (tertiary/aromatic N) is 2. The third-order valence-electron chi connectivity index (χ3n) is 4.87. The van der Waals surface area contributed by atoms with Crippen LogP contribution in [0.25, 0.3) is 0 Å². The zero-order chi connectivity index (χ0) is 19.4. The molecule has 2 aromatic carbocycles. The van der Waals surface area contributed by atoms with Gasteiger partial charge in [0.2, 0.25) is 15.9 Å². The van der Waals surface area contributed by atoms with Crippen molar-refractivity contribution in [3.8, 4) is 0 Å². The van der Waals surface area contributed by atoms with Gasteiger partial charge in [0.1, 0.15) is 0 Å². The summed E-state index contributed by atoms with van der Waals surface area (Å²) < 4.78 is 26.8. The van der Waals surface area contributed by atoms with Crippen LogP contribution >= 0.6 is 0 Å². The Morgan fingerprint density at radius 2 is 1.63 bits per heavy atom. The summed E-state index contributed by atoms with van der Waals surface area (Å²) in [6.07, 6.45) is 0. The van der Waals surface area contributed by atoms with Crippen LogP contribution in [0.15, 0.2) is 53.4 Å². The first-order chi connectivity index (χ1) is 12.9. The summed E-state index contributed by atoms with van der Waals surface area (Å²) >= 11 is 0. The van der Waals surface area contributed by atoms with Crippen LogP contribution in [0.2, 0.25) is 0 Å². The average molecular weight is 388 g/mol. The lowest BCUT2D eigenvalue weighted by Gasteiger charge is -2.33. The number of rotatable bonds is 5. The summed E-state index contributed by atoms with van der Waals surface area (Å²) in [5.41, 5.74) is 3.10. The van der Waals surface area contributed by atoms with Crippen LogP contribution in [-0.2, 0) is 14.8 Å². The monoisotopic (exact) mass is 387 g/mol. The third-order valence-corrected chi connectivity index (χ3v) is 6.78. The largest absolute Gasteiger partial charge is 0.325 e. The Bertz CT molecular complexity index is 905. The number of aryl methyl sites for hydroxylation is 2. The van der Waals surface area contributed by atoms with E-state index in [2.05, 4.69) is 5.32 Å². The Balaban J connectivity index is 1.53. The van der Waals surface area contributed by atoms with E-state index in [4.69, 9.17) is 0 Å². The molecule has 0 unspecified atom stereocenters. The Kier molecular flexibility index (Phi) is 5.94. The maximum atomic E-state index is 12.6. The smallest absolute Gasteiger partial charge is 0.243 e. The van der Waals surface area contributed by atoms with E-state index in [1.54, 1.807) is 30.3 Å². The molecule has 1 N–H and O–H groups in total. The highest BCUT2D eigenvalue weighted by atomic mass is 32.2. The minimum Gasteiger partial charge on any atom is -0.325 e. The molecule has 3 rings (SSSR count). The number of piperazine rings is 1. The molecule has 0 radical (unpaired) electrons. The number of carbonyl (C=O) groups excluding carboxylic acids is 1. The fraction of sp³-hybridized carbons (Fsp3) is 0.350. The molecule has 1 fully saturated rings. The number of nitrogens with one attached hydrogen (secondary N) is 1. The van der Waals surface area contributed by atoms with E-state index >= 15 is 0 Å². The molecule has 1 saturated heterocycles. The summed E-state index contributed by atoms with van der Waals surface area (Å²) in [6.45, 7) is 6.13. The van der Waals surface area contributed by atoms with Crippen LogP contribution < -0.4 is 5.32 Å². The van der Waals surface area contributed by atoms with Gasteiger partial charge < -0.3 is 5.32 Å². The molecule has 144 valence electrons. The van der Waals surface area contributed by atoms with Crippen molar-refractivity contribution in [1.29, 1.82) is 0 Å². The Morgan fingerprint density at radius 1 is 0.963 bits per heavy atom. The van der Waals surface area contributed by atoms with Gasteiger partial charge in [0.15, 0.2) is 0 Å². The van der Waals surface area contributed by atoms with Crippen LogP contribution in [0.5, 0.6) is 0 Å². The lowest BCUT2D eigenvalue weighted by molar-refractivity contribution is -0.117. The normalized spacial score (nSPS) is 16.2. The zero-order valence-corrected chi connectivity index (χ0v) is 16.5. The summed E-state index contributed by atoms with van der Waals surface area (Å²) in [5, 5.41) is 2.91. The van der Waals surface area contributed by atoms with Gasteiger partial charge in [-0.2, -0.15) is 4.31 Å². The first-order valence-electron chi connectivity index (χ1n) is 9.01. The molecule has 6 nitrogen and oxygen atoms in total. The van der Waals surface area contributed by atoms with Crippen molar-refractivity contribution >= 4 is 21.6 Å². The first kappa shape index (κ1) is 19.5. The number of hydrogen-bond donors (Lipinski definition) is 1. The molecule has 0 spiro atoms. The predicted octanol–water partition coefficient (Wildman–Crippen LogP) is 2.25. The van der Waals surface area contributed by atoms with Crippen LogP contribution in [0, 0.1) is 13.8 Å². The number of carbonyl (C=O) groups is 1. The Labute approximate surface area is 160 Å². The van der Waals surface area contributed by atoms with Gasteiger partial charge in [0.05, 0.1) is 11.4 Å². The van der Waals surface area contributed by atoms with Gasteiger partial charge in [0.25, 0.3) is 0 Å². The van der Waals surface area contributed by atoms with Crippen LogP contribution in [0.4, 0.5) is 5.69 Å². The standard InChI is InChI=1S/C20H25N3O3S/c1-16-8-9-18(14-17(16)2)21-20(24)15-22-10-12-23(13-11-22)27(25,26)19-6-4-3-5-7-19/h3-9,14H,10-13,15H2,1-2H3,(H,21,24). The maximum absolute atomic E-state index is 12.6. The lowest BCUT2D eigenvalue weighted by Crippen LogP contribution is -2.50. The molecule has 27 heavy (non-hydrogen) atoms. The molecule has 7 heteroatoms. The highest BCUT2D eigenvalue weighted by Gasteiger charge is 2.28. The Hall–Kier alpha value is -2.22. The fourth-order valence-electron chi connectivity index (χ4n) is 3.09. The highest BCUT2D eigenvalue weighted by molar-refractivity contribution is 7.89. The molecule has 2 aromatic rings. The Morgan fingerprint density at radius 3 is 2.26 bits per heavy atom. The van der Waals surface area contributed by atoms with Gasteiger partial charge in [-0.25, -0.2) is 8.42 Å². The van der Waals surface area contributed by atoms with E-state index < -0.39 is 10.0 Å². The zero-order valence-electron chi connectivity index (χ0n) is 15.7. The topological polar surface area (TPSA) is 69.7 Å². The first-order valence-corrected chi connectivity index (χ1v) is 10.4. The van der Waals surface area contributed by atoms with Crippen molar-refractivity contribution in [3.05, 3.63) is 59.7 Å². The minimum absolute atomic E-state index is 0.0855. The SMILES string of the molecule is Cc1ccc(NC(=O)CN2CCN(S(=O)(=O)c3ccccc3)CC2)cc1C. The number of amides is 1. The predicted molar refractivity (Wildman–Crippen MR) is 106 cm³/mol. The molecule has 0 aliphatic carbocycles. The number of benzene rings is 2. The van der Waals surface area contributed by atoms with E-state index in [1.807, 2.05) is 36.9 Å². The van der Waals surface area contributed by atoms with Gasteiger partial charge in [-0.3, -0.25) is 9.69 Å². The second-order valence-electron chi connectivity index (χ2n) is 6.84. The molecule has 0 aromatic heterocycles. The van der Waals surface area contributed by atoms with E-state index in [-0.39, 0.29) is 12.5 Å². The molecule has 1 aliphatic rings. The highest BCUT2D eigenvalue weighted by Crippen LogP contribution is 2.17. The second-order valence-corrected chi connectivity index (χ2v) is 8.78. The molecular formula is C20H25N3O3S. The number of sulfonamides is 1. The maximum Gasteiger partial charge on any atom is 0.243 e. The lowest BCUT2D eigenvalue weighted by atomic mass is 10.1. The van der Waals surface area contributed by atoms with Gasteiger partial charge in [-0.15, -0.1) is 0 Å². The van der Waals surface area contributed by atoms with Crippen molar-refractivity contribution in [2.75, 3.05) is 38.0 Å². The van der Waals surface area contributed by atoms with Crippen LogP contribution in [0.1, 0.15) is 11.1 Å². The fourth-order valence-corrected chi connectivity index (χ4v) is 4.54. The van der Waals surface area contributed by atoms with Crippen molar-refractivity contribution in [2.45, 2.75) is 18.7 Å². The summed E-state index contributed by atoms with van der Waals surface area (Å²) in [4.78, 5) is 14.6. The molecule has 0 saturated carbocycles. The van der Waals surface area contributed by atoms with E-state index in [0.717, 1.165) is 11.3 Å². The van der Waals surface area contributed by atoms with Gasteiger partial charge in [0, 0.05) is 31.9 Å². The van der Waals surface area contributed by atoms with Gasteiger partial charge in [-0.05, 0) is 49.2 Å². The van der Waals surface area contributed by atoms with Gasteiger partial charge >= 0.3 is 0 Å². The quantitative estimate of drug-likeness (QED) is 0.854. The molecule has 1 amide bonds. The number of hydrogen-bond acceptors (Lipinski definition) is 4. The molecule has 1 heterocycles. The van der Waals surface area contributed by atoms with Gasteiger partial charge in [-0.1, -0.05) is 24.3 Å². The van der Waals surface area contributed by atoms with Crippen LogP contribution in [-0.4, -0.2) is 56.3 Å². The average Bonchev–Trinajstić information content (AvgIpc) is 2.66. The molecule has 0 bridgehead atoms. The van der Waals surface area contributed by atoms with Crippen LogP contribution in [0.3, 0.4) is 0 Å². The summed E-state index contributed by atoms with van der Waals surface area (Å²) in [5.74, 6) is -0.0855. The molecule has 0 atom stereocenters. The van der Waals surface area contributed by atoms with Crippen molar-refractivity contribution in [2.24, 2.45) is 0 Å². The van der Waals surface area contributed by atoms with Crippen molar-refractivity contribution < 1.29 is 13.2 Å². The van der Waals surface area contributed by atoms with Crippen molar-refractivity contribution in [3.63, 3.8) is 0 Å². The minimum atomic E-state index is -3.47. The van der Waals surface area contributed by atoms with Crippen molar-refractivity contribution in [1.82, 2.24) is 9.21 Å². The third kappa shape index (κ3) is 4.74. The van der Waals surface area contributed by atoms with E-state index in [0.29, 0.717) is 31.1 Å².